The molecule has 0 bridgehead atoms. The molecule has 426 valence electrons. The molecule has 2 aromatic carbocycles. The monoisotopic (exact) mass is 1130 g/mol. The molecule has 1 aliphatic heterocycles. The van der Waals surface area contributed by atoms with Crippen LogP contribution in [0.2, 0.25) is 0 Å². The minimum absolute atomic E-state index is 0. The summed E-state index contributed by atoms with van der Waals surface area (Å²) in [6.07, 6.45) is 4.66. The third-order valence-electron chi connectivity index (χ3n) is 11.6. The van der Waals surface area contributed by atoms with E-state index in [1.165, 1.54) is 16.7 Å². The number of aromatic nitrogens is 2. The van der Waals surface area contributed by atoms with Gasteiger partial charge in [-0.3, -0.25) is 33.7 Å². The van der Waals surface area contributed by atoms with E-state index in [1.54, 1.807) is 10.8 Å². The van der Waals surface area contributed by atoms with Crippen molar-refractivity contribution in [3.05, 3.63) is 77.8 Å². The summed E-state index contributed by atoms with van der Waals surface area (Å²) in [5, 5.41) is 17.6. The van der Waals surface area contributed by atoms with E-state index in [1.807, 2.05) is 51.1 Å². The molecular weight excluding hydrogens is 1060 g/mol. The Hall–Kier alpha value is -4.82. The predicted octanol–water partition coefficient (Wildman–Crippen LogP) is 3.14. The molecule has 1 aliphatic rings. The number of rotatable bonds is 36. The molecule has 0 radical (unpaired) electrons. The van der Waals surface area contributed by atoms with Gasteiger partial charge in [-0.15, -0.1) is 36.6 Å². The van der Waals surface area contributed by atoms with E-state index < -0.39 is 77.1 Å². The molecule has 25 heteroatoms. The van der Waals surface area contributed by atoms with Gasteiger partial charge in [0.05, 0.1) is 75.9 Å². The Morgan fingerprint density at radius 2 is 1.49 bits per heavy atom. The lowest BCUT2D eigenvalue weighted by atomic mass is 9.84. The number of ether oxygens (including phenoxy) is 4. The molecule has 0 aliphatic carbocycles. The Morgan fingerprint density at radius 1 is 0.855 bits per heavy atom. The maximum Gasteiger partial charge on any atom is 0.248 e. The van der Waals surface area contributed by atoms with Crippen molar-refractivity contribution in [2.75, 3.05) is 104 Å². The topological polar surface area (TPSA) is 272 Å². The van der Waals surface area contributed by atoms with Gasteiger partial charge in [0.25, 0.3) is 0 Å². The van der Waals surface area contributed by atoms with Crippen molar-refractivity contribution in [2.45, 2.75) is 83.2 Å². The molecule has 6 amide bonds. The highest BCUT2D eigenvalue weighted by Gasteiger charge is 2.40. The molecule has 3 atom stereocenters. The average Bonchev–Trinajstić information content (AvgIpc) is 3.89. The Balaban J connectivity index is 0.00000988. The first-order valence-electron chi connectivity index (χ1n) is 25.0. The summed E-state index contributed by atoms with van der Waals surface area (Å²) in [5.74, 6) is -3.39. The summed E-state index contributed by atoms with van der Waals surface area (Å²) in [6, 6.07) is 10.5. The number of imide groups is 1. The highest BCUT2D eigenvalue weighted by Crippen LogP contribution is 2.39. The van der Waals surface area contributed by atoms with Crippen molar-refractivity contribution in [3.8, 4) is 11.3 Å². The molecular formula is C51H77Cl2F2N9O11S. The van der Waals surface area contributed by atoms with Crippen molar-refractivity contribution in [1.29, 1.82) is 0 Å². The van der Waals surface area contributed by atoms with E-state index in [9.17, 15) is 38.3 Å². The number of hydrogen-bond donors (Lipinski definition) is 6. The zero-order valence-electron chi connectivity index (χ0n) is 43.6. The number of unbranched alkanes of at least 4 members (excludes halogenated alkanes) is 2. The van der Waals surface area contributed by atoms with Crippen LogP contribution in [0.15, 0.2) is 54.7 Å². The molecule has 8 N–H and O–H groups in total. The standard InChI is InChI=1S/C51H75F2N9O11S.2ClH/c1-51(2,3)47(48-59-41(38-30-37(52)12-13-39(38)53)33-60(48)32-36-10-6-4-7-11-36)61(46(67)35-63)20-14-40(55)49(68)58-19-18-57-44(65)34-62-45(66)31-42(50(62)69)74-29-28-73-27-26-72-25-24-71-23-22-70-21-15-43(64)56-17-9-5-8-16-54;;/h4,6-7,10-13,30,33,40,42,47,63H,5,8-9,14-29,31-32,34-35,54-55H2,1-3H3,(H,56,64)(H,57,65)(H,58,68);2*1H/t40-,42?,47-;;/m0../s1. The van der Waals surface area contributed by atoms with Crippen LogP contribution in [-0.2, 0) is 54.3 Å². The fraction of sp³-hybridized carbons (Fsp3) is 0.588. The number of nitrogens with zero attached hydrogens (tertiary/aromatic N) is 4. The van der Waals surface area contributed by atoms with Gasteiger partial charge in [-0.2, -0.15) is 0 Å². The first-order valence-corrected chi connectivity index (χ1v) is 26.1. The number of aliphatic hydroxyl groups is 1. The highest BCUT2D eigenvalue weighted by atomic mass is 35.5. The summed E-state index contributed by atoms with van der Waals surface area (Å²) < 4.78 is 53.2. The minimum Gasteiger partial charge on any atom is -0.387 e. The van der Waals surface area contributed by atoms with E-state index in [-0.39, 0.29) is 81.0 Å². The van der Waals surface area contributed by atoms with Crippen LogP contribution >= 0.6 is 36.6 Å². The van der Waals surface area contributed by atoms with Crippen LogP contribution in [0.25, 0.3) is 11.3 Å². The lowest BCUT2D eigenvalue weighted by Crippen LogP contribution is -2.48. The number of nitrogens with two attached hydrogens (primary N) is 2. The molecule has 76 heavy (non-hydrogen) atoms. The third-order valence-corrected chi connectivity index (χ3v) is 12.8. The van der Waals surface area contributed by atoms with Crippen molar-refractivity contribution >= 4 is 72.0 Å². The van der Waals surface area contributed by atoms with Gasteiger partial charge in [0, 0.05) is 63.1 Å². The van der Waals surface area contributed by atoms with Gasteiger partial charge in [0.2, 0.25) is 35.4 Å². The number of imidazole rings is 1. The highest BCUT2D eigenvalue weighted by molar-refractivity contribution is 8.00. The van der Waals surface area contributed by atoms with Crippen molar-refractivity contribution in [1.82, 2.24) is 35.3 Å². The number of thioether (sulfide) groups is 1. The normalized spacial score (nSPS) is 14.2. The van der Waals surface area contributed by atoms with Crippen LogP contribution in [-0.4, -0.2) is 176 Å². The van der Waals surface area contributed by atoms with Gasteiger partial charge >= 0.3 is 0 Å². The van der Waals surface area contributed by atoms with Gasteiger partial charge < -0.3 is 60.9 Å². The van der Waals surface area contributed by atoms with Gasteiger partial charge in [0.15, 0.2) is 0 Å². The largest absolute Gasteiger partial charge is 0.387 e. The summed E-state index contributed by atoms with van der Waals surface area (Å²) in [7, 11) is 0. The van der Waals surface area contributed by atoms with Gasteiger partial charge in [-0.05, 0) is 55.0 Å². The maximum atomic E-state index is 15.1. The smallest absolute Gasteiger partial charge is 0.248 e. The first kappa shape index (κ1) is 67.3. The quantitative estimate of drug-likeness (QED) is 0.0361. The van der Waals surface area contributed by atoms with Crippen molar-refractivity contribution < 1.29 is 61.6 Å². The Morgan fingerprint density at radius 3 is 2.13 bits per heavy atom. The number of aliphatic hydroxyl groups excluding tert-OH is 1. The van der Waals surface area contributed by atoms with Crippen LogP contribution in [0.3, 0.4) is 0 Å². The molecule has 0 spiro atoms. The second-order valence-corrected chi connectivity index (χ2v) is 19.9. The second-order valence-electron chi connectivity index (χ2n) is 18.6. The Bertz CT molecular complexity index is 2250. The Labute approximate surface area is 460 Å². The van der Waals surface area contributed by atoms with Crippen molar-refractivity contribution in [2.24, 2.45) is 16.9 Å². The number of nitrogens with one attached hydrogen (secondary N) is 3. The van der Waals surface area contributed by atoms with Crippen LogP contribution in [0.4, 0.5) is 8.78 Å². The molecule has 4 rings (SSSR count). The SMILES string of the molecule is CC(C)(C)[C@H](c1nc(-c2cc(F)ccc2F)cn1Cc1ccccc1)N(CC[C@H](N)C(=O)NCCNC(=O)CN1C(=O)CC(SCCOCCOCCOCCOCCC(=O)NCCCCCN)C1=O)C(=O)CO.Cl.Cl. The lowest BCUT2D eigenvalue weighted by molar-refractivity contribution is -0.142. The molecule has 1 aromatic heterocycles. The van der Waals surface area contributed by atoms with E-state index in [0.717, 1.165) is 47.9 Å². The third kappa shape index (κ3) is 23.4. The molecule has 3 aromatic rings. The fourth-order valence-corrected chi connectivity index (χ4v) is 8.91. The molecule has 2 heterocycles. The number of amides is 6. The van der Waals surface area contributed by atoms with Crippen LogP contribution < -0.4 is 27.4 Å². The number of benzene rings is 2. The maximum absolute atomic E-state index is 15.1. The van der Waals surface area contributed by atoms with Gasteiger partial charge in [-0.25, -0.2) is 13.8 Å². The van der Waals surface area contributed by atoms with Crippen LogP contribution in [0, 0.1) is 17.0 Å². The number of likely N-dealkylation sites (tertiary alicyclic amines) is 1. The zero-order chi connectivity index (χ0) is 53.9. The summed E-state index contributed by atoms with van der Waals surface area (Å²) in [6.45, 7) is 8.47. The summed E-state index contributed by atoms with van der Waals surface area (Å²) >= 11 is 1.27. The molecule has 20 nitrogen and oxygen atoms in total. The average molecular weight is 1130 g/mol. The van der Waals surface area contributed by atoms with Crippen molar-refractivity contribution in [3.63, 3.8) is 0 Å². The molecule has 1 fully saturated rings. The zero-order valence-corrected chi connectivity index (χ0v) is 46.1. The summed E-state index contributed by atoms with van der Waals surface area (Å²) in [4.78, 5) is 83.9. The molecule has 1 saturated heterocycles. The number of hydrogen-bond acceptors (Lipinski definition) is 15. The molecule has 1 unspecified atom stereocenters. The van der Waals surface area contributed by atoms with E-state index in [2.05, 4.69) is 16.0 Å². The summed E-state index contributed by atoms with van der Waals surface area (Å²) in [5.41, 5.74) is 12.0. The van der Waals surface area contributed by atoms with Crippen LogP contribution in [0.5, 0.6) is 0 Å². The lowest BCUT2D eigenvalue weighted by Gasteiger charge is -2.40. The number of halogens is 4. The predicted molar refractivity (Wildman–Crippen MR) is 289 cm³/mol. The Kier molecular flexibility index (Phi) is 32.1. The minimum atomic E-state index is -1.13. The van der Waals surface area contributed by atoms with E-state index in [4.69, 9.17) is 35.4 Å². The fourth-order valence-electron chi connectivity index (χ4n) is 7.88. The van der Waals surface area contributed by atoms with E-state index in [0.29, 0.717) is 83.9 Å². The van der Waals surface area contributed by atoms with Crippen LogP contribution in [0.1, 0.15) is 76.7 Å². The van der Waals surface area contributed by atoms with Gasteiger partial charge in [-0.1, -0.05) is 57.5 Å². The number of carbonyl (C=O) groups excluding carboxylic acids is 6. The van der Waals surface area contributed by atoms with E-state index >= 15 is 4.39 Å². The first-order chi connectivity index (χ1) is 35.5. The molecule has 0 saturated carbocycles. The van der Waals surface area contributed by atoms with Gasteiger partial charge in [0.1, 0.15) is 30.6 Å². The second kappa shape index (κ2) is 36.3. The number of carbonyl (C=O) groups is 6.